The number of nitrogens with zero attached hydrogens (tertiary/aromatic N) is 4. The highest BCUT2D eigenvalue weighted by atomic mass is 35.5. The normalized spacial score (nSPS) is 20.5. The Bertz CT molecular complexity index is 667. The van der Waals surface area contributed by atoms with E-state index in [1.165, 1.54) is 24.3 Å². The molecule has 0 spiro atoms. The highest BCUT2D eigenvalue weighted by Gasteiger charge is 2.30. The molecule has 1 aromatic carbocycles. The second-order valence-corrected chi connectivity index (χ2v) is 5.00. The minimum Gasteiger partial charge on any atom is -0.458 e. The van der Waals surface area contributed by atoms with Crippen molar-refractivity contribution in [1.82, 2.24) is 0 Å². The number of allylic oxidation sites excluding steroid dienone is 1. The molecule has 0 saturated heterocycles. The third-order valence-electron chi connectivity index (χ3n) is 3.17. The van der Waals surface area contributed by atoms with Crippen LogP contribution in [0.15, 0.2) is 40.5 Å². The topological polar surface area (TPSA) is 118 Å². The second-order valence-electron chi connectivity index (χ2n) is 4.56. The SMILES string of the molecule is [N-]=[N+]=N[C@H]1C(Cl)=CCC[C@@H]1OC(=O)c1ccc([N+](=O)[O-])cc1. The maximum Gasteiger partial charge on any atom is 0.338 e. The summed E-state index contributed by atoms with van der Waals surface area (Å²) in [5, 5.41) is 14.5. The first kappa shape index (κ1) is 15.8. The second kappa shape index (κ2) is 6.93. The van der Waals surface area contributed by atoms with Crippen molar-refractivity contribution in [3.8, 4) is 0 Å². The van der Waals surface area contributed by atoms with E-state index in [1.54, 1.807) is 6.08 Å². The Morgan fingerprint density at radius 3 is 2.73 bits per heavy atom. The number of carbonyl (C=O) groups is 1. The van der Waals surface area contributed by atoms with E-state index < -0.39 is 23.0 Å². The first-order valence-electron chi connectivity index (χ1n) is 6.38. The van der Waals surface area contributed by atoms with Crippen LogP contribution >= 0.6 is 11.6 Å². The largest absolute Gasteiger partial charge is 0.458 e. The average Bonchev–Trinajstić information content (AvgIpc) is 2.51. The van der Waals surface area contributed by atoms with Crippen molar-refractivity contribution in [2.24, 2.45) is 5.11 Å². The maximum absolute atomic E-state index is 12.1. The Kier molecular flexibility index (Phi) is 4.98. The van der Waals surface area contributed by atoms with Gasteiger partial charge in [-0.1, -0.05) is 22.8 Å². The maximum atomic E-state index is 12.1. The predicted octanol–water partition coefficient (Wildman–Crippen LogP) is 3.72. The molecule has 0 bridgehead atoms. The summed E-state index contributed by atoms with van der Waals surface area (Å²) in [5.41, 5.74) is 8.61. The fourth-order valence-corrected chi connectivity index (χ4v) is 2.37. The Balaban J connectivity index is 2.12. The number of nitro benzene ring substituents is 1. The molecule has 1 aromatic rings. The smallest absolute Gasteiger partial charge is 0.338 e. The van der Waals surface area contributed by atoms with Crippen LogP contribution in [0.1, 0.15) is 23.2 Å². The van der Waals surface area contributed by atoms with Gasteiger partial charge in [-0.3, -0.25) is 10.1 Å². The fraction of sp³-hybridized carbons (Fsp3) is 0.308. The summed E-state index contributed by atoms with van der Waals surface area (Å²) in [6.07, 6.45) is 2.15. The molecule has 0 heterocycles. The van der Waals surface area contributed by atoms with Crippen LogP contribution in [-0.4, -0.2) is 23.0 Å². The number of hydrogen-bond donors (Lipinski definition) is 0. The van der Waals surface area contributed by atoms with Crippen LogP contribution in [0.25, 0.3) is 10.4 Å². The average molecular weight is 323 g/mol. The molecule has 0 saturated carbocycles. The lowest BCUT2D eigenvalue weighted by molar-refractivity contribution is -0.384. The van der Waals surface area contributed by atoms with Gasteiger partial charge in [0, 0.05) is 22.1 Å². The number of hydrogen-bond acceptors (Lipinski definition) is 5. The van der Waals surface area contributed by atoms with Crippen LogP contribution in [0.2, 0.25) is 0 Å². The van der Waals surface area contributed by atoms with E-state index in [0.717, 1.165) is 0 Å². The minimum absolute atomic E-state index is 0.118. The zero-order valence-corrected chi connectivity index (χ0v) is 12.0. The van der Waals surface area contributed by atoms with E-state index >= 15 is 0 Å². The van der Waals surface area contributed by atoms with Gasteiger partial charge >= 0.3 is 5.97 Å². The van der Waals surface area contributed by atoms with Crippen molar-refractivity contribution in [2.75, 3.05) is 0 Å². The molecule has 9 heteroatoms. The lowest BCUT2D eigenvalue weighted by atomic mass is 9.99. The summed E-state index contributed by atoms with van der Waals surface area (Å²) in [6, 6.07) is 4.30. The van der Waals surface area contributed by atoms with E-state index in [0.29, 0.717) is 17.9 Å². The first-order chi connectivity index (χ1) is 10.5. The summed E-state index contributed by atoms with van der Waals surface area (Å²) in [4.78, 5) is 24.8. The zero-order chi connectivity index (χ0) is 16.1. The van der Waals surface area contributed by atoms with E-state index in [4.69, 9.17) is 21.9 Å². The number of halogens is 1. The molecule has 22 heavy (non-hydrogen) atoms. The number of benzene rings is 1. The molecule has 0 unspecified atom stereocenters. The Hall–Kier alpha value is -2.57. The molecular weight excluding hydrogens is 312 g/mol. The molecule has 0 N–H and O–H groups in total. The van der Waals surface area contributed by atoms with Crippen molar-refractivity contribution in [3.05, 3.63) is 61.5 Å². The van der Waals surface area contributed by atoms with Crippen molar-refractivity contribution in [2.45, 2.75) is 25.0 Å². The van der Waals surface area contributed by atoms with Crippen molar-refractivity contribution >= 4 is 23.3 Å². The zero-order valence-electron chi connectivity index (χ0n) is 11.3. The summed E-state index contributed by atoms with van der Waals surface area (Å²) in [7, 11) is 0. The Labute approximate surface area is 130 Å². The van der Waals surface area contributed by atoms with Crippen LogP contribution in [-0.2, 0) is 4.74 Å². The van der Waals surface area contributed by atoms with Crippen molar-refractivity contribution in [1.29, 1.82) is 0 Å². The Morgan fingerprint density at radius 2 is 2.14 bits per heavy atom. The van der Waals surface area contributed by atoms with Crippen LogP contribution in [0.3, 0.4) is 0 Å². The van der Waals surface area contributed by atoms with E-state index in [2.05, 4.69) is 10.0 Å². The van der Waals surface area contributed by atoms with Gasteiger partial charge in [0.15, 0.2) is 0 Å². The van der Waals surface area contributed by atoms with E-state index in [9.17, 15) is 14.9 Å². The third-order valence-corrected chi connectivity index (χ3v) is 3.55. The molecule has 2 rings (SSSR count). The quantitative estimate of drug-likeness (QED) is 0.209. The van der Waals surface area contributed by atoms with Gasteiger partial charge in [0.25, 0.3) is 5.69 Å². The molecule has 0 radical (unpaired) electrons. The molecular formula is C13H11ClN4O4. The standard InChI is InChI=1S/C13H11ClN4O4/c14-10-2-1-3-11(12(10)16-17-15)22-13(19)8-4-6-9(7-5-8)18(20)21/h2,4-7,11-12H,1,3H2/t11-,12-/m0/s1. The highest BCUT2D eigenvalue weighted by molar-refractivity contribution is 6.30. The van der Waals surface area contributed by atoms with Gasteiger partial charge in [-0.05, 0) is 30.5 Å². The molecule has 1 aliphatic carbocycles. The molecule has 0 aliphatic heterocycles. The van der Waals surface area contributed by atoms with Gasteiger partial charge in [0.05, 0.1) is 10.5 Å². The number of nitro groups is 1. The van der Waals surface area contributed by atoms with Gasteiger partial charge in [0.1, 0.15) is 12.1 Å². The van der Waals surface area contributed by atoms with Crippen molar-refractivity contribution in [3.63, 3.8) is 0 Å². The fourth-order valence-electron chi connectivity index (χ4n) is 2.07. The van der Waals surface area contributed by atoms with E-state index in [-0.39, 0.29) is 11.3 Å². The number of azide groups is 1. The summed E-state index contributed by atoms with van der Waals surface area (Å²) in [5.74, 6) is -0.649. The molecule has 1 aliphatic rings. The summed E-state index contributed by atoms with van der Waals surface area (Å²) < 4.78 is 5.31. The number of carbonyl (C=O) groups excluding carboxylic acids is 1. The van der Waals surface area contributed by atoms with Gasteiger partial charge in [-0.2, -0.15) is 0 Å². The monoisotopic (exact) mass is 322 g/mol. The van der Waals surface area contributed by atoms with Gasteiger partial charge in [0.2, 0.25) is 0 Å². The van der Waals surface area contributed by atoms with E-state index in [1.807, 2.05) is 0 Å². The molecule has 2 atom stereocenters. The third kappa shape index (κ3) is 3.55. The highest BCUT2D eigenvalue weighted by Crippen LogP contribution is 2.28. The minimum atomic E-state index is -0.748. The van der Waals surface area contributed by atoms with Gasteiger partial charge in [-0.15, -0.1) is 0 Å². The summed E-state index contributed by atoms with van der Waals surface area (Å²) >= 11 is 5.97. The van der Waals surface area contributed by atoms with Crippen molar-refractivity contribution < 1.29 is 14.5 Å². The number of non-ortho nitro benzene ring substituents is 1. The Morgan fingerprint density at radius 1 is 1.45 bits per heavy atom. The molecule has 114 valence electrons. The lowest BCUT2D eigenvalue weighted by Gasteiger charge is -2.26. The first-order valence-corrected chi connectivity index (χ1v) is 6.76. The number of ether oxygens (including phenoxy) is 1. The number of rotatable bonds is 4. The molecule has 0 amide bonds. The molecule has 0 fully saturated rings. The van der Waals surface area contributed by atoms with Crippen LogP contribution in [0.5, 0.6) is 0 Å². The van der Waals surface area contributed by atoms with Gasteiger partial charge < -0.3 is 4.74 Å². The van der Waals surface area contributed by atoms with Crippen LogP contribution < -0.4 is 0 Å². The predicted molar refractivity (Wildman–Crippen MR) is 78.4 cm³/mol. The van der Waals surface area contributed by atoms with Gasteiger partial charge in [-0.25, -0.2) is 4.79 Å². The molecule has 0 aromatic heterocycles. The molecule has 8 nitrogen and oxygen atoms in total. The lowest BCUT2D eigenvalue weighted by Crippen LogP contribution is -2.32. The van der Waals surface area contributed by atoms with Crippen LogP contribution in [0.4, 0.5) is 5.69 Å². The summed E-state index contributed by atoms with van der Waals surface area (Å²) in [6.45, 7) is 0. The van der Waals surface area contributed by atoms with Crippen LogP contribution in [0, 0.1) is 10.1 Å². The number of esters is 1.